The van der Waals surface area contributed by atoms with Gasteiger partial charge in [-0.15, -0.1) is 0 Å². The van der Waals surface area contributed by atoms with Crippen molar-refractivity contribution in [2.45, 2.75) is 20.8 Å². The lowest BCUT2D eigenvalue weighted by atomic mass is 9.89. The standard InChI is InChI=1S/C16H17N5O/c1-16(2,3)13(22)11-8-9-18-15(20-11)21-12-7-5-4-6-10(12)19-14(21)17/h4-9H,1-3H3,(H2,17,19). The second-order valence-corrected chi connectivity index (χ2v) is 6.12. The summed E-state index contributed by atoms with van der Waals surface area (Å²) in [5.41, 5.74) is 7.41. The first-order valence-corrected chi connectivity index (χ1v) is 6.99. The van der Waals surface area contributed by atoms with Crippen LogP contribution in [0.15, 0.2) is 36.5 Å². The van der Waals surface area contributed by atoms with E-state index in [1.165, 1.54) is 0 Å². The minimum absolute atomic E-state index is 0.0425. The minimum Gasteiger partial charge on any atom is -0.369 e. The summed E-state index contributed by atoms with van der Waals surface area (Å²) in [6, 6.07) is 9.16. The van der Waals surface area contributed by atoms with Crippen molar-refractivity contribution in [3.8, 4) is 5.95 Å². The Kier molecular flexibility index (Phi) is 3.16. The van der Waals surface area contributed by atoms with Crippen molar-refractivity contribution < 1.29 is 4.79 Å². The summed E-state index contributed by atoms with van der Waals surface area (Å²) in [7, 11) is 0. The van der Waals surface area contributed by atoms with E-state index in [1.807, 2.05) is 45.0 Å². The van der Waals surface area contributed by atoms with Crippen LogP contribution in [0.5, 0.6) is 0 Å². The summed E-state index contributed by atoms with van der Waals surface area (Å²) in [4.78, 5) is 25.3. The Labute approximate surface area is 128 Å². The number of imidazole rings is 1. The van der Waals surface area contributed by atoms with Crippen molar-refractivity contribution >= 4 is 22.8 Å². The van der Waals surface area contributed by atoms with Crippen LogP contribution in [0.1, 0.15) is 31.3 Å². The number of Topliss-reactive ketones (excluding diaryl/α,β-unsaturated/α-hetero) is 1. The number of carbonyl (C=O) groups is 1. The highest BCUT2D eigenvalue weighted by Crippen LogP contribution is 2.23. The van der Waals surface area contributed by atoms with Gasteiger partial charge in [0, 0.05) is 11.6 Å². The van der Waals surface area contributed by atoms with Crippen molar-refractivity contribution in [3.05, 3.63) is 42.2 Å². The van der Waals surface area contributed by atoms with Gasteiger partial charge in [-0.1, -0.05) is 32.9 Å². The Morgan fingerprint density at radius 3 is 2.59 bits per heavy atom. The molecule has 1 aromatic carbocycles. The highest BCUT2D eigenvalue weighted by Gasteiger charge is 2.25. The SMILES string of the molecule is CC(C)(C)C(=O)c1ccnc(-n2c(N)nc3ccccc32)n1. The summed E-state index contributed by atoms with van der Waals surface area (Å²) in [5.74, 6) is 0.599. The fourth-order valence-corrected chi connectivity index (χ4v) is 2.22. The number of nitrogen functional groups attached to an aromatic ring is 1. The molecule has 2 N–H and O–H groups in total. The zero-order valence-electron chi connectivity index (χ0n) is 12.7. The summed E-state index contributed by atoms with van der Waals surface area (Å²) in [6.45, 7) is 5.58. The monoisotopic (exact) mass is 295 g/mol. The summed E-state index contributed by atoms with van der Waals surface area (Å²) in [6.07, 6.45) is 1.56. The summed E-state index contributed by atoms with van der Waals surface area (Å²) < 4.78 is 1.65. The van der Waals surface area contributed by atoms with Crippen LogP contribution >= 0.6 is 0 Å². The molecule has 0 aliphatic rings. The maximum absolute atomic E-state index is 12.4. The third-order valence-corrected chi connectivity index (χ3v) is 3.34. The number of benzene rings is 1. The van der Waals surface area contributed by atoms with Crippen molar-refractivity contribution in [2.75, 3.05) is 5.73 Å². The smallest absolute Gasteiger partial charge is 0.237 e. The van der Waals surface area contributed by atoms with Crippen LogP contribution in [0.2, 0.25) is 0 Å². The fraction of sp³-hybridized carbons (Fsp3) is 0.250. The van der Waals surface area contributed by atoms with Gasteiger partial charge in [0.25, 0.3) is 0 Å². The lowest BCUT2D eigenvalue weighted by molar-refractivity contribution is 0.0852. The maximum Gasteiger partial charge on any atom is 0.237 e. The van der Waals surface area contributed by atoms with Gasteiger partial charge in [0.15, 0.2) is 5.78 Å². The molecular weight excluding hydrogens is 278 g/mol. The number of nitrogens with two attached hydrogens (primary N) is 1. The molecule has 22 heavy (non-hydrogen) atoms. The average Bonchev–Trinajstić information content (AvgIpc) is 2.81. The molecule has 0 radical (unpaired) electrons. The quantitative estimate of drug-likeness (QED) is 0.734. The average molecular weight is 295 g/mol. The number of anilines is 1. The van der Waals surface area contributed by atoms with E-state index in [4.69, 9.17) is 5.73 Å². The number of hydrogen-bond acceptors (Lipinski definition) is 5. The van der Waals surface area contributed by atoms with E-state index in [2.05, 4.69) is 15.0 Å². The number of ketones is 1. The number of fused-ring (bicyclic) bond motifs is 1. The van der Waals surface area contributed by atoms with Crippen LogP contribution in [-0.2, 0) is 0 Å². The van der Waals surface area contributed by atoms with E-state index < -0.39 is 5.41 Å². The predicted octanol–water partition coefficient (Wildman–Crippen LogP) is 2.63. The number of aromatic nitrogens is 4. The molecule has 0 bridgehead atoms. The molecule has 3 rings (SSSR count). The molecule has 0 fully saturated rings. The second-order valence-electron chi connectivity index (χ2n) is 6.12. The number of hydrogen-bond donors (Lipinski definition) is 1. The van der Waals surface area contributed by atoms with Crippen LogP contribution < -0.4 is 5.73 Å². The Morgan fingerprint density at radius 2 is 1.86 bits per heavy atom. The first-order valence-electron chi connectivity index (χ1n) is 6.99. The first-order chi connectivity index (χ1) is 10.4. The highest BCUT2D eigenvalue weighted by molar-refractivity contribution is 5.98. The van der Waals surface area contributed by atoms with E-state index in [-0.39, 0.29) is 5.78 Å². The van der Waals surface area contributed by atoms with Crippen LogP contribution in [0, 0.1) is 5.41 Å². The van der Waals surface area contributed by atoms with E-state index in [1.54, 1.807) is 16.8 Å². The lowest BCUT2D eigenvalue weighted by Crippen LogP contribution is -2.22. The van der Waals surface area contributed by atoms with Crippen molar-refractivity contribution in [1.82, 2.24) is 19.5 Å². The molecule has 0 atom stereocenters. The zero-order valence-corrected chi connectivity index (χ0v) is 12.7. The van der Waals surface area contributed by atoms with E-state index in [9.17, 15) is 4.79 Å². The third kappa shape index (κ3) is 2.32. The molecule has 6 nitrogen and oxygen atoms in total. The minimum atomic E-state index is -0.506. The maximum atomic E-state index is 12.4. The topological polar surface area (TPSA) is 86.7 Å². The molecule has 2 heterocycles. The van der Waals surface area contributed by atoms with Crippen LogP contribution in [-0.4, -0.2) is 25.3 Å². The number of carbonyl (C=O) groups excluding carboxylic acids is 1. The first kappa shape index (κ1) is 14.2. The van der Waals surface area contributed by atoms with Gasteiger partial charge in [-0.05, 0) is 18.2 Å². The van der Waals surface area contributed by atoms with Gasteiger partial charge in [0.2, 0.25) is 11.9 Å². The Hall–Kier alpha value is -2.76. The predicted molar refractivity (Wildman–Crippen MR) is 84.9 cm³/mol. The molecule has 6 heteroatoms. The van der Waals surface area contributed by atoms with Gasteiger partial charge in [-0.25, -0.2) is 19.5 Å². The Balaban J connectivity index is 2.16. The van der Waals surface area contributed by atoms with Crippen molar-refractivity contribution in [1.29, 1.82) is 0 Å². The number of rotatable bonds is 2. The van der Waals surface area contributed by atoms with Gasteiger partial charge in [0.1, 0.15) is 5.69 Å². The van der Waals surface area contributed by atoms with Crippen molar-refractivity contribution in [3.63, 3.8) is 0 Å². The molecule has 0 unspecified atom stereocenters. The van der Waals surface area contributed by atoms with Crippen LogP contribution in [0.25, 0.3) is 17.0 Å². The normalized spacial score (nSPS) is 11.8. The van der Waals surface area contributed by atoms with Crippen LogP contribution in [0.4, 0.5) is 5.95 Å². The third-order valence-electron chi connectivity index (χ3n) is 3.34. The molecule has 0 aliphatic carbocycles. The number of para-hydroxylation sites is 2. The summed E-state index contributed by atoms with van der Waals surface area (Å²) >= 11 is 0. The molecule has 2 aromatic heterocycles. The van der Waals surface area contributed by atoms with Gasteiger partial charge in [0.05, 0.1) is 11.0 Å². The molecule has 0 spiro atoms. The van der Waals surface area contributed by atoms with E-state index in [0.29, 0.717) is 17.6 Å². The second kappa shape index (κ2) is 4.91. The van der Waals surface area contributed by atoms with Gasteiger partial charge >= 0.3 is 0 Å². The Morgan fingerprint density at radius 1 is 1.14 bits per heavy atom. The molecular formula is C16H17N5O. The Bertz CT molecular complexity index is 860. The molecule has 0 aliphatic heterocycles. The molecule has 0 amide bonds. The van der Waals surface area contributed by atoms with Crippen LogP contribution in [0.3, 0.4) is 0 Å². The molecule has 112 valence electrons. The van der Waals surface area contributed by atoms with Crippen molar-refractivity contribution in [2.24, 2.45) is 5.41 Å². The largest absolute Gasteiger partial charge is 0.369 e. The zero-order chi connectivity index (χ0) is 15.9. The summed E-state index contributed by atoms with van der Waals surface area (Å²) in [5, 5.41) is 0. The van der Waals surface area contributed by atoms with E-state index >= 15 is 0 Å². The highest BCUT2D eigenvalue weighted by atomic mass is 16.1. The van der Waals surface area contributed by atoms with E-state index in [0.717, 1.165) is 11.0 Å². The fourth-order valence-electron chi connectivity index (χ4n) is 2.22. The molecule has 0 saturated heterocycles. The molecule has 0 saturated carbocycles. The van der Waals surface area contributed by atoms with Gasteiger partial charge in [-0.3, -0.25) is 4.79 Å². The molecule has 3 aromatic rings. The van der Waals surface area contributed by atoms with Gasteiger partial charge in [-0.2, -0.15) is 0 Å². The number of nitrogens with zero attached hydrogens (tertiary/aromatic N) is 4. The van der Waals surface area contributed by atoms with Gasteiger partial charge < -0.3 is 5.73 Å². The lowest BCUT2D eigenvalue weighted by Gasteiger charge is -2.16.